The fraction of sp³-hybridized carbons (Fsp3) is 0.310. The average Bonchev–Trinajstić information content (AvgIpc) is 3.10. The summed E-state index contributed by atoms with van der Waals surface area (Å²) in [6.45, 7) is 5.50. The van der Waals surface area contributed by atoms with Gasteiger partial charge in [0, 0.05) is 18.7 Å². The lowest BCUT2D eigenvalue weighted by Crippen LogP contribution is -2.35. The highest BCUT2D eigenvalue weighted by Crippen LogP contribution is 2.42. The van der Waals surface area contributed by atoms with Crippen LogP contribution in [0.15, 0.2) is 66.2 Å². The topological polar surface area (TPSA) is 70.1 Å². The Bertz CT molecular complexity index is 1290. The van der Waals surface area contributed by atoms with Gasteiger partial charge in [-0.15, -0.1) is 0 Å². The molecule has 1 fully saturated rings. The third kappa shape index (κ3) is 4.80. The fourth-order valence-electron chi connectivity index (χ4n) is 4.56. The predicted molar refractivity (Wildman–Crippen MR) is 138 cm³/mol. The number of benzene rings is 3. The number of aliphatic hydroxyl groups excluding tert-OH is 1. The molecule has 6 nitrogen and oxygen atoms in total. The van der Waals surface area contributed by atoms with Gasteiger partial charge in [0.2, 0.25) is 0 Å². The van der Waals surface area contributed by atoms with Gasteiger partial charge in [0.1, 0.15) is 11.5 Å². The number of hydrogen-bond acceptors (Lipinski definition) is 5. The van der Waals surface area contributed by atoms with Crippen LogP contribution >= 0.6 is 0 Å². The molecule has 1 N–H and O–H groups in total. The van der Waals surface area contributed by atoms with Crippen LogP contribution in [0.25, 0.3) is 16.5 Å². The van der Waals surface area contributed by atoms with Crippen LogP contribution in [0.3, 0.4) is 0 Å². The molecule has 35 heavy (non-hydrogen) atoms. The van der Waals surface area contributed by atoms with Crippen molar-refractivity contribution in [2.45, 2.75) is 26.3 Å². The van der Waals surface area contributed by atoms with Gasteiger partial charge < -0.3 is 19.6 Å². The third-order valence-corrected chi connectivity index (χ3v) is 6.36. The summed E-state index contributed by atoms with van der Waals surface area (Å²) in [6, 6.07) is 18.4. The summed E-state index contributed by atoms with van der Waals surface area (Å²) in [5.41, 5.74) is 2.28. The normalized spacial score (nSPS) is 17.5. The number of carbonyl (C=O) groups excluding carboxylic acids is 2. The minimum Gasteiger partial charge on any atom is -0.507 e. The molecule has 6 heteroatoms. The highest BCUT2D eigenvalue weighted by Gasteiger charge is 2.46. The molecular formula is C29H32N2O4. The molecule has 0 aliphatic carbocycles. The number of fused-ring (bicyclic) bond motifs is 1. The Morgan fingerprint density at radius 2 is 1.80 bits per heavy atom. The van der Waals surface area contributed by atoms with Crippen molar-refractivity contribution >= 4 is 28.2 Å². The Morgan fingerprint density at radius 3 is 2.51 bits per heavy atom. The minimum atomic E-state index is -0.683. The Labute approximate surface area is 206 Å². The Morgan fingerprint density at radius 1 is 1.06 bits per heavy atom. The molecule has 182 valence electrons. The van der Waals surface area contributed by atoms with Gasteiger partial charge in [-0.1, -0.05) is 49.4 Å². The zero-order valence-corrected chi connectivity index (χ0v) is 20.7. The number of rotatable bonds is 8. The molecule has 3 aromatic carbocycles. The smallest absolute Gasteiger partial charge is 0.295 e. The lowest BCUT2D eigenvalue weighted by molar-refractivity contribution is -0.140. The van der Waals surface area contributed by atoms with Crippen LogP contribution in [0.4, 0.5) is 0 Å². The zero-order valence-electron chi connectivity index (χ0n) is 20.7. The number of likely N-dealkylation sites (tertiary alicyclic amines) is 1. The molecule has 1 aliphatic heterocycles. The number of nitrogens with zero attached hydrogens (tertiary/aromatic N) is 2. The Kier molecular flexibility index (Phi) is 7.22. The van der Waals surface area contributed by atoms with E-state index in [1.807, 2.05) is 75.3 Å². The van der Waals surface area contributed by atoms with E-state index in [4.69, 9.17) is 4.74 Å². The lowest BCUT2D eigenvalue weighted by Gasteiger charge is -2.27. The second-order valence-electron chi connectivity index (χ2n) is 9.19. The molecule has 4 rings (SSSR count). The monoisotopic (exact) mass is 472 g/mol. The van der Waals surface area contributed by atoms with E-state index in [0.29, 0.717) is 25.3 Å². The predicted octanol–water partition coefficient (Wildman–Crippen LogP) is 4.92. The molecular weight excluding hydrogens is 440 g/mol. The molecule has 3 aromatic rings. The summed E-state index contributed by atoms with van der Waals surface area (Å²) in [4.78, 5) is 30.1. The molecule has 0 radical (unpaired) electrons. The first-order valence-electron chi connectivity index (χ1n) is 12.0. The van der Waals surface area contributed by atoms with Crippen molar-refractivity contribution in [3.8, 4) is 5.75 Å². The highest BCUT2D eigenvalue weighted by atomic mass is 16.5. The molecule has 1 saturated heterocycles. The third-order valence-electron chi connectivity index (χ3n) is 6.36. The number of ketones is 1. The van der Waals surface area contributed by atoms with Crippen LogP contribution in [0.1, 0.15) is 36.1 Å². The maximum absolute atomic E-state index is 13.3. The summed E-state index contributed by atoms with van der Waals surface area (Å²) >= 11 is 0. The van der Waals surface area contributed by atoms with E-state index in [-0.39, 0.29) is 11.3 Å². The lowest BCUT2D eigenvalue weighted by atomic mass is 9.91. The molecule has 0 aromatic heterocycles. The molecule has 0 bridgehead atoms. The number of amides is 1. The number of hydrogen-bond donors (Lipinski definition) is 1. The summed E-state index contributed by atoms with van der Waals surface area (Å²) in [7, 11) is 3.85. The maximum Gasteiger partial charge on any atom is 0.295 e. The van der Waals surface area contributed by atoms with Gasteiger partial charge in [0.05, 0.1) is 18.2 Å². The van der Waals surface area contributed by atoms with Crippen LogP contribution < -0.4 is 4.74 Å². The van der Waals surface area contributed by atoms with Crippen molar-refractivity contribution in [1.29, 1.82) is 0 Å². The zero-order chi connectivity index (χ0) is 25.1. The molecule has 1 atom stereocenters. The number of ether oxygens (including phenoxy) is 1. The molecule has 0 saturated carbocycles. The van der Waals surface area contributed by atoms with Crippen LogP contribution in [-0.4, -0.2) is 60.4 Å². The van der Waals surface area contributed by atoms with Crippen molar-refractivity contribution < 1.29 is 19.4 Å². The molecule has 0 spiro atoms. The summed E-state index contributed by atoms with van der Waals surface area (Å²) in [5.74, 6) is -0.687. The summed E-state index contributed by atoms with van der Waals surface area (Å²) in [5, 5.41) is 13.4. The van der Waals surface area contributed by atoms with Crippen molar-refractivity contribution in [3.63, 3.8) is 0 Å². The molecule has 1 amide bonds. The number of carbonyl (C=O) groups is 2. The van der Waals surface area contributed by atoms with Crippen LogP contribution in [0.2, 0.25) is 0 Å². The van der Waals surface area contributed by atoms with Crippen molar-refractivity contribution in [2.75, 3.05) is 33.8 Å². The number of aryl methyl sites for hydroxylation is 1. The quantitative estimate of drug-likeness (QED) is 0.286. The number of aliphatic hydroxyl groups is 1. The van der Waals surface area contributed by atoms with Crippen molar-refractivity contribution in [2.24, 2.45) is 0 Å². The summed E-state index contributed by atoms with van der Waals surface area (Å²) in [6.07, 6.45) is 0.891. The summed E-state index contributed by atoms with van der Waals surface area (Å²) < 4.78 is 5.76. The number of likely N-dealkylation sites (N-methyl/N-ethyl adjacent to an activating group) is 1. The maximum atomic E-state index is 13.3. The van der Waals surface area contributed by atoms with Crippen LogP contribution in [0.5, 0.6) is 5.75 Å². The highest BCUT2D eigenvalue weighted by molar-refractivity contribution is 6.46. The average molecular weight is 473 g/mol. The first-order valence-corrected chi connectivity index (χ1v) is 12.0. The van der Waals surface area contributed by atoms with E-state index in [1.165, 1.54) is 0 Å². The van der Waals surface area contributed by atoms with Crippen molar-refractivity contribution in [3.05, 3.63) is 82.9 Å². The van der Waals surface area contributed by atoms with Gasteiger partial charge in [-0.2, -0.15) is 0 Å². The van der Waals surface area contributed by atoms with Crippen LogP contribution in [-0.2, 0) is 9.59 Å². The molecule has 1 aliphatic rings. The van der Waals surface area contributed by atoms with E-state index in [0.717, 1.165) is 34.1 Å². The van der Waals surface area contributed by atoms with E-state index in [2.05, 4.69) is 0 Å². The van der Waals surface area contributed by atoms with Gasteiger partial charge in [-0.25, -0.2) is 0 Å². The SMILES string of the molecule is CCCOc1ccc(/C(O)=C2/C(=O)C(=O)N(CCN(C)C)C2c2cccc3ccccc23)cc1C. The van der Waals surface area contributed by atoms with E-state index in [9.17, 15) is 14.7 Å². The molecule has 1 heterocycles. The second-order valence-corrected chi connectivity index (χ2v) is 9.19. The molecule has 1 unspecified atom stereocenters. The van der Waals surface area contributed by atoms with Crippen LogP contribution in [0, 0.1) is 6.92 Å². The fourth-order valence-corrected chi connectivity index (χ4v) is 4.56. The van der Waals surface area contributed by atoms with Gasteiger partial charge >= 0.3 is 0 Å². The first kappa shape index (κ1) is 24.5. The van der Waals surface area contributed by atoms with E-state index in [1.54, 1.807) is 23.1 Å². The Hall–Kier alpha value is -3.64. The minimum absolute atomic E-state index is 0.117. The van der Waals surface area contributed by atoms with E-state index >= 15 is 0 Å². The van der Waals surface area contributed by atoms with E-state index < -0.39 is 17.7 Å². The van der Waals surface area contributed by atoms with Gasteiger partial charge in [0.15, 0.2) is 0 Å². The largest absolute Gasteiger partial charge is 0.507 e. The van der Waals surface area contributed by atoms with Gasteiger partial charge in [-0.3, -0.25) is 9.59 Å². The van der Waals surface area contributed by atoms with Gasteiger partial charge in [-0.05, 0) is 67.5 Å². The van der Waals surface area contributed by atoms with Gasteiger partial charge in [0.25, 0.3) is 11.7 Å². The standard InChI is InChI=1S/C29H32N2O4/c1-5-17-35-24-14-13-21(18-19(24)2)27(32)25-26(31(16-15-30(3)4)29(34)28(25)33)23-12-8-10-20-9-6-7-11-22(20)23/h6-14,18,26,32H,5,15-17H2,1-4H3/b27-25-. The number of Topliss-reactive ketones (excluding diaryl/α,β-unsaturated/α-hetero) is 1. The second kappa shape index (κ2) is 10.3. The Balaban J connectivity index is 1.88. The first-order chi connectivity index (χ1) is 16.8. The van der Waals surface area contributed by atoms with Crippen molar-refractivity contribution in [1.82, 2.24) is 9.80 Å².